The number of nitrogen functional groups attached to an aromatic ring is 1. The van der Waals surface area contributed by atoms with Crippen LogP contribution in [0.1, 0.15) is 79.8 Å². The number of halogens is 5. The Morgan fingerprint density at radius 3 is 2.47 bits per heavy atom. The standard InChI is InChI=1S/C53H54ClF4N9O7/c1-6-31-32-20-30(11-12-38(32)60-44-34(31)24-67-39(44)22-36-35(49(67)69)26-74-50(70)52(36,71)7-2)73-25-28(4)48(68)65-15-16-66(29(5)23-65)47-33-21-37(54)41(46-42(53(56,57)58)27(3)19-40(59)61-46)43(55)45(33)62-51(63-47)72-18-17-64-13-9-8-10-14-64/h11-12,19-22,29,71H,4,6-10,13-18,23-26H2,1-3,5H3,(H2,59,61)/t29-,52-/m0/s1. The number of ether oxygens (including phenoxy) is 3. The Bertz CT molecular complexity index is 3380. The predicted octanol–water partition coefficient (Wildman–Crippen LogP) is 7.89. The first-order valence-corrected chi connectivity index (χ1v) is 25.1. The molecule has 4 aliphatic heterocycles. The fourth-order valence-corrected chi connectivity index (χ4v) is 11.2. The van der Waals surface area contributed by atoms with Gasteiger partial charge in [0.05, 0.1) is 50.9 Å². The Morgan fingerprint density at radius 2 is 1.76 bits per heavy atom. The number of carbonyl (C=O) groups excluding carboxylic acids is 2. The number of alkyl halides is 3. The maximum atomic E-state index is 17.0. The van der Waals surface area contributed by atoms with E-state index in [1.165, 1.54) is 13.0 Å². The zero-order valence-electron chi connectivity index (χ0n) is 41.3. The lowest BCUT2D eigenvalue weighted by atomic mass is 9.86. The molecule has 0 aliphatic carbocycles. The molecule has 74 heavy (non-hydrogen) atoms. The number of amides is 1. The summed E-state index contributed by atoms with van der Waals surface area (Å²) in [6.45, 7) is 13.8. The van der Waals surface area contributed by atoms with Gasteiger partial charge in [-0.05, 0) is 100 Å². The maximum Gasteiger partial charge on any atom is 0.418 e. The number of hydrogen-bond donors (Lipinski definition) is 2. The number of fused-ring (bicyclic) bond motifs is 6. The number of carbonyl (C=O) groups is 2. The van der Waals surface area contributed by atoms with E-state index in [9.17, 15) is 32.7 Å². The van der Waals surface area contributed by atoms with Crippen LogP contribution in [0.4, 0.5) is 29.2 Å². The molecule has 2 aromatic carbocycles. The Labute approximate surface area is 427 Å². The average molecular weight is 1040 g/mol. The van der Waals surface area contributed by atoms with E-state index in [4.69, 9.17) is 41.5 Å². The monoisotopic (exact) mass is 1040 g/mol. The summed E-state index contributed by atoms with van der Waals surface area (Å²) in [6.07, 6.45) is -1.04. The fourth-order valence-electron chi connectivity index (χ4n) is 10.9. The topological polar surface area (TPSA) is 191 Å². The van der Waals surface area contributed by atoms with E-state index in [2.05, 4.69) is 21.4 Å². The van der Waals surface area contributed by atoms with Crippen LogP contribution in [0, 0.1) is 12.7 Å². The molecule has 0 bridgehead atoms. The van der Waals surface area contributed by atoms with Gasteiger partial charge in [0.1, 0.15) is 42.7 Å². The van der Waals surface area contributed by atoms with E-state index in [1.54, 1.807) is 34.6 Å². The molecule has 10 rings (SSSR count). The summed E-state index contributed by atoms with van der Waals surface area (Å²) >= 11 is 6.72. The van der Waals surface area contributed by atoms with Gasteiger partial charge < -0.3 is 39.4 Å². The van der Waals surface area contributed by atoms with Gasteiger partial charge in [0, 0.05) is 59.7 Å². The molecule has 2 fully saturated rings. The molecule has 2 atom stereocenters. The lowest BCUT2D eigenvalue weighted by Crippen LogP contribution is -2.54. The number of aromatic nitrogens is 5. The number of hydrogen-bond acceptors (Lipinski definition) is 14. The van der Waals surface area contributed by atoms with Crippen molar-refractivity contribution in [2.24, 2.45) is 0 Å². The second-order valence-electron chi connectivity index (χ2n) is 19.3. The van der Waals surface area contributed by atoms with Crippen LogP contribution in [0.15, 0.2) is 53.3 Å². The van der Waals surface area contributed by atoms with E-state index < -0.39 is 46.4 Å². The average Bonchev–Trinajstić information content (AvgIpc) is 3.74. The van der Waals surface area contributed by atoms with Crippen molar-refractivity contribution in [3.05, 3.63) is 103 Å². The highest BCUT2D eigenvalue weighted by molar-refractivity contribution is 6.34. The molecule has 3 N–H and O–H groups in total. The summed E-state index contributed by atoms with van der Waals surface area (Å²) in [7, 11) is 0. The van der Waals surface area contributed by atoms with Gasteiger partial charge in [0.15, 0.2) is 11.4 Å². The Balaban J connectivity index is 0.880. The first-order chi connectivity index (χ1) is 35.3. The lowest BCUT2D eigenvalue weighted by Gasteiger charge is -2.41. The third-order valence-electron chi connectivity index (χ3n) is 14.7. The number of rotatable bonds is 12. The van der Waals surface area contributed by atoms with Crippen molar-refractivity contribution in [3.63, 3.8) is 0 Å². The predicted molar refractivity (Wildman–Crippen MR) is 270 cm³/mol. The van der Waals surface area contributed by atoms with Crippen LogP contribution in [0.2, 0.25) is 5.02 Å². The summed E-state index contributed by atoms with van der Waals surface area (Å²) < 4.78 is 79.7. The summed E-state index contributed by atoms with van der Waals surface area (Å²) in [6, 6.07) is 8.83. The minimum absolute atomic E-state index is 0.0316. The number of piperidine rings is 1. The van der Waals surface area contributed by atoms with Crippen molar-refractivity contribution >= 4 is 56.9 Å². The van der Waals surface area contributed by atoms with Gasteiger partial charge in [0.25, 0.3) is 11.5 Å². The van der Waals surface area contributed by atoms with Crippen molar-refractivity contribution in [1.82, 2.24) is 34.3 Å². The maximum absolute atomic E-state index is 17.0. The Morgan fingerprint density at radius 1 is 0.986 bits per heavy atom. The molecule has 1 amide bonds. The molecule has 4 aliphatic rings. The number of aliphatic hydroxyl groups is 1. The molecular weight excluding hydrogens is 986 g/mol. The van der Waals surface area contributed by atoms with Crippen LogP contribution in [0.25, 0.3) is 44.5 Å². The Hall–Kier alpha value is -6.90. The molecule has 0 spiro atoms. The highest BCUT2D eigenvalue weighted by Crippen LogP contribution is 2.46. The zero-order chi connectivity index (χ0) is 52.5. The number of piperazine rings is 1. The molecule has 2 saturated heterocycles. The third-order valence-corrected chi connectivity index (χ3v) is 15.0. The number of anilines is 2. The van der Waals surface area contributed by atoms with E-state index in [1.807, 2.05) is 24.8 Å². The first kappa shape index (κ1) is 50.6. The normalized spacial score (nSPS) is 18.8. The van der Waals surface area contributed by atoms with Gasteiger partial charge in [-0.25, -0.2) is 19.2 Å². The van der Waals surface area contributed by atoms with Crippen LogP contribution in [0.5, 0.6) is 11.8 Å². The van der Waals surface area contributed by atoms with Gasteiger partial charge in [-0.2, -0.15) is 23.1 Å². The highest BCUT2D eigenvalue weighted by atomic mass is 35.5. The number of benzene rings is 2. The Kier molecular flexibility index (Phi) is 13.3. The number of esters is 1. The summed E-state index contributed by atoms with van der Waals surface area (Å²) in [5.74, 6) is -1.87. The minimum atomic E-state index is -4.92. The molecule has 16 nitrogen and oxygen atoms in total. The second-order valence-corrected chi connectivity index (χ2v) is 19.8. The molecule has 0 saturated carbocycles. The molecular formula is C53H54ClF4N9O7. The molecule has 21 heteroatoms. The quantitative estimate of drug-likeness (QED) is 0.0682. The van der Waals surface area contributed by atoms with Crippen molar-refractivity contribution in [1.29, 1.82) is 0 Å². The summed E-state index contributed by atoms with van der Waals surface area (Å²) in [5.41, 5.74) is 4.65. The van der Waals surface area contributed by atoms with Crippen molar-refractivity contribution in [3.8, 4) is 34.4 Å². The number of nitrogens with two attached hydrogens (primary N) is 1. The smallest absolute Gasteiger partial charge is 0.418 e. The summed E-state index contributed by atoms with van der Waals surface area (Å²) in [4.78, 5) is 64.3. The van der Waals surface area contributed by atoms with Crippen LogP contribution in [0.3, 0.4) is 0 Å². The van der Waals surface area contributed by atoms with Gasteiger partial charge in [-0.15, -0.1) is 0 Å². The third kappa shape index (κ3) is 8.82. The van der Waals surface area contributed by atoms with Crippen LogP contribution < -0.4 is 25.7 Å². The van der Waals surface area contributed by atoms with Crippen LogP contribution >= 0.6 is 11.6 Å². The molecule has 6 aromatic rings. The number of nitrogens with zero attached hydrogens (tertiary/aromatic N) is 8. The first-order valence-electron chi connectivity index (χ1n) is 24.7. The van der Waals surface area contributed by atoms with E-state index in [0.717, 1.165) is 54.9 Å². The lowest BCUT2D eigenvalue weighted by molar-refractivity contribution is -0.172. The molecule has 8 heterocycles. The number of aryl methyl sites for hydroxylation is 2. The number of cyclic esters (lactones) is 1. The highest BCUT2D eigenvalue weighted by Gasteiger charge is 2.46. The molecule has 0 unspecified atom stereocenters. The number of likely N-dealkylation sites (tertiary alicyclic amines) is 1. The van der Waals surface area contributed by atoms with E-state index >= 15 is 4.39 Å². The van der Waals surface area contributed by atoms with E-state index in [0.29, 0.717) is 35.6 Å². The van der Waals surface area contributed by atoms with Gasteiger partial charge in [0.2, 0.25) is 0 Å². The molecule has 0 radical (unpaired) electrons. The largest absolute Gasteiger partial charge is 0.489 e. The second kappa shape index (κ2) is 19.4. The zero-order valence-corrected chi connectivity index (χ0v) is 42.1. The van der Waals surface area contributed by atoms with Crippen molar-refractivity contribution < 1.29 is 46.5 Å². The fraction of sp³-hybridized carbons (Fsp3) is 0.415. The van der Waals surface area contributed by atoms with Crippen LogP contribution in [-0.2, 0) is 45.7 Å². The molecule has 4 aromatic heterocycles. The van der Waals surface area contributed by atoms with Crippen molar-refractivity contribution in [2.75, 3.05) is 63.1 Å². The number of pyridine rings is 3. The van der Waals surface area contributed by atoms with Crippen molar-refractivity contribution in [2.45, 2.75) is 90.8 Å². The minimum Gasteiger partial charge on any atom is -0.489 e. The van der Waals surface area contributed by atoms with Gasteiger partial charge in [-0.1, -0.05) is 38.4 Å². The summed E-state index contributed by atoms with van der Waals surface area (Å²) in [5, 5.41) is 11.9. The van der Waals surface area contributed by atoms with Crippen LogP contribution in [-0.4, -0.2) is 110 Å². The SMILES string of the molecule is C=C(COc1ccc2nc3c(c(CC)c2c1)Cn1c-3cc2c(c1=O)COC(=O)[C@]2(O)CC)C(=O)N1CCN(c2nc(OCCN3CCCCC3)nc3c(F)c(-c4nc(N)cc(C)c4C(F)(F)F)c(Cl)cc23)[C@@H](C)C1. The van der Waals surface area contributed by atoms with Gasteiger partial charge in [-0.3, -0.25) is 14.5 Å². The van der Waals surface area contributed by atoms with Gasteiger partial charge >= 0.3 is 18.2 Å². The molecule has 388 valence electrons. The van der Waals surface area contributed by atoms with E-state index in [-0.39, 0.29) is 120 Å².